The van der Waals surface area contributed by atoms with Crippen molar-refractivity contribution >= 4 is 23.6 Å². The van der Waals surface area contributed by atoms with Crippen LogP contribution in [-0.2, 0) is 13.6 Å². The summed E-state index contributed by atoms with van der Waals surface area (Å²) >= 11 is 0. The maximum absolute atomic E-state index is 13.2. The van der Waals surface area contributed by atoms with Crippen LogP contribution < -0.4 is 5.32 Å². The summed E-state index contributed by atoms with van der Waals surface area (Å²) in [4.78, 5) is 53.8. The number of amides is 4. The van der Waals surface area contributed by atoms with Gasteiger partial charge in [-0.2, -0.15) is 5.10 Å². The third kappa shape index (κ3) is 4.64. The molecule has 2 aliphatic heterocycles. The normalized spacial score (nSPS) is 15.8. The summed E-state index contributed by atoms with van der Waals surface area (Å²) < 4.78 is 1.59. The fraction of sp³-hybridized carbons (Fsp3) is 0.296. The third-order valence-electron chi connectivity index (χ3n) is 6.81. The van der Waals surface area contributed by atoms with Crippen molar-refractivity contribution in [2.75, 3.05) is 19.6 Å². The number of hydrogen-bond donors (Lipinski definition) is 1. The number of nitrogens with zero attached hydrogens (tertiary/aromatic N) is 4. The molecule has 0 bridgehead atoms. The van der Waals surface area contributed by atoms with Gasteiger partial charge < -0.3 is 10.2 Å². The van der Waals surface area contributed by atoms with Gasteiger partial charge in [0.2, 0.25) is 0 Å². The number of carbonyl (C=O) groups is 4. The Labute approximate surface area is 208 Å². The van der Waals surface area contributed by atoms with E-state index in [-0.39, 0.29) is 30.2 Å². The summed E-state index contributed by atoms with van der Waals surface area (Å²) in [5, 5.41) is 6.98. The number of piperidine rings is 1. The van der Waals surface area contributed by atoms with Crippen molar-refractivity contribution in [1.82, 2.24) is 24.9 Å². The Bertz CT molecular complexity index is 1300. The monoisotopic (exact) mass is 485 g/mol. The van der Waals surface area contributed by atoms with Gasteiger partial charge in [-0.25, -0.2) is 0 Å². The Morgan fingerprint density at radius 2 is 1.67 bits per heavy atom. The smallest absolute Gasteiger partial charge is 0.261 e. The van der Waals surface area contributed by atoms with Crippen LogP contribution in [0.5, 0.6) is 0 Å². The molecule has 3 aromatic rings. The van der Waals surface area contributed by atoms with Gasteiger partial charge in [-0.1, -0.05) is 24.3 Å². The lowest BCUT2D eigenvalue weighted by atomic mass is 9.96. The van der Waals surface area contributed by atoms with Gasteiger partial charge in [0, 0.05) is 38.4 Å². The van der Waals surface area contributed by atoms with Crippen molar-refractivity contribution in [3.63, 3.8) is 0 Å². The van der Waals surface area contributed by atoms with Crippen LogP contribution in [0.3, 0.4) is 0 Å². The van der Waals surface area contributed by atoms with Crippen LogP contribution in [0.1, 0.15) is 59.8 Å². The fourth-order valence-corrected chi connectivity index (χ4v) is 4.77. The molecule has 0 atom stereocenters. The molecular formula is C27H27N5O4. The van der Waals surface area contributed by atoms with E-state index in [0.29, 0.717) is 47.8 Å². The summed E-state index contributed by atoms with van der Waals surface area (Å²) in [5.41, 5.74) is 2.62. The first kappa shape index (κ1) is 23.5. The van der Waals surface area contributed by atoms with E-state index in [1.807, 2.05) is 11.0 Å². The van der Waals surface area contributed by atoms with Crippen molar-refractivity contribution in [2.45, 2.75) is 19.4 Å². The molecule has 2 aliphatic rings. The van der Waals surface area contributed by atoms with E-state index in [1.165, 1.54) is 4.90 Å². The van der Waals surface area contributed by atoms with Gasteiger partial charge in [-0.05, 0) is 48.6 Å². The van der Waals surface area contributed by atoms with Crippen LogP contribution in [-0.4, -0.2) is 62.8 Å². The first-order valence-electron chi connectivity index (χ1n) is 12.0. The number of likely N-dealkylation sites (tertiary alicyclic amines) is 1. The molecule has 1 aromatic heterocycles. The average molecular weight is 486 g/mol. The Kier molecular flexibility index (Phi) is 6.37. The van der Waals surface area contributed by atoms with E-state index < -0.39 is 0 Å². The van der Waals surface area contributed by atoms with E-state index in [2.05, 4.69) is 10.4 Å². The summed E-state index contributed by atoms with van der Waals surface area (Å²) in [6.45, 7) is 1.89. The largest absolute Gasteiger partial charge is 0.352 e. The zero-order chi connectivity index (χ0) is 25.2. The maximum atomic E-state index is 13.2. The molecule has 1 saturated heterocycles. The second-order valence-electron chi connectivity index (χ2n) is 9.29. The summed E-state index contributed by atoms with van der Waals surface area (Å²) in [6, 6.07) is 13.9. The summed E-state index contributed by atoms with van der Waals surface area (Å²) in [5.74, 6) is -0.543. The number of fused-ring (bicyclic) bond motifs is 1. The van der Waals surface area contributed by atoms with Gasteiger partial charge in [-0.3, -0.25) is 28.8 Å². The lowest BCUT2D eigenvalue weighted by Gasteiger charge is -2.32. The number of aryl methyl sites for hydroxylation is 1. The molecule has 2 aromatic carbocycles. The minimum atomic E-state index is -0.315. The lowest BCUT2D eigenvalue weighted by molar-refractivity contribution is 0.0641. The molecular weight excluding hydrogens is 458 g/mol. The SMILES string of the molecule is Cn1cc(C(=O)NCC2CCN(C(=O)c3cccc(CN4C(=O)c5ccccc5C4=O)c3)CC2)cn1. The van der Waals surface area contributed by atoms with Gasteiger partial charge in [0.15, 0.2) is 0 Å². The van der Waals surface area contributed by atoms with Crippen molar-refractivity contribution in [3.05, 3.63) is 88.7 Å². The highest BCUT2D eigenvalue weighted by Crippen LogP contribution is 2.25. The molecule has 0 radical (unpaired) electrons. The number of nitrogens with one attached hydrogen (secondary N) is 1. The van der Waals surface area contributed by atoms with Crippen molar-refractivity contribution in [1.29, 1.82) is 0 Å². The standard InChI is InChI=1S/C27H27N5O4/c1-30-17-21(15-29-30)24(33)28-14-18-9-11-31(12-10-18)25(34)20-6-4-5-19(13-20)16-32-26(35)22-7-2-3-8-23(22)27(32)36/h2-8,13,15,17-18H,9-12,14,16H2,1H3,(H,28,33). The van der Waals surface area contributed by atoms with Gasteiger partial charge in [0.05, 0.1) is 29.4 Å². The molecule has 0 spiro atoms. The molecule has 9 nitrogen and oxygen atoms in total. The highest BCUT2D eigenvalue weighted by atomic mass is 16.2. The molecule has 36 heavy (non-hydrogen) atoms. The number of carbonyl (C=O) groups excluding carboxylic acids is 4. The molecule has 0 saturated carbocycles. The molecule has 9 heteroatoms. The molecule has 0 aliphatic carbocycles. The van der Waals surface area contributed by atoms with E-state index in [9.17, 15) is 19.2 Å². The Hall–Kier alpha value is -4.27. The van der Waals surface area contributed by atoms with Gasteiger partial charge in [0.25, 0.3) is 23.6 Å². The molecule has 1 N–H and O–H groups in total. The number of rotatable bonds is 6. The summed E-state index contributed by atoms with van der Waals surface area (Å²) in [6.07, 6.45) is 4.82. The second-order valence-corrected chi connectivity index (χ2v) is 9.29. The molecule has 5 rings (SSSR count). The number of benzene rings is 2. The Balaban J connectivity index is 1.16. The summed E-state index contributed by atoms with van der Waals surface area (Å²) in [7, 11) is 1.77. The average Bonchev–Trinajstić information content (AvgIpc) is 3.45. The van der Waals surface area contributed by atoms with E-state index in [0.717, 1.165) is 18.4 Å². The molecule has 184 valence electrons. The molecule has 3 heterocycles. The zero-order valence-corrected chi connectivity index (χ0v) is 20.0. The van der Waals surface area contributed by atoms with E-state index in [4.69, 9.17) is 0 Å². The molecule has 1 fully saturated rings. The molecule has 0 unspecified atom stereocenters. The predicted octanol–water partition coefficient (Wildman–Crippen LogP) is 2.50. The van der Waals surface area contributed by atoms with Crippen LogP contribution in [0.4, 0.5) is 0 Å². The maximum Gasteiger partial charge on any atom is 0.261 e. The number of hydrogen-bond acceptors (Lipinski definition) is 5. The van der Waals surface area contributed by atoms with Crippen LogP contribution in [0, 0.1) is 5.92 Å². The zero-order valence-electron chi connectivity index (χ0n) is 20.0. The number of aromatic nitrogens is 2. The van der Waals surface area contributed by atoms with Crippen LogP contribution >= 0.6 is 0 Å². The Morgan fingerprint density at radius 3 is 2.31 bits per heavy atom. The van der Waals surface area contributed by atoms with Crippen molar-refractivity contribution < 1.29 is 19.2 Å². The topological polar surface area (TPSA) is 105 Å². The van der Waals surface area contributed by atoms with E-state index in [1.54, 1.807) is 66.6 Å². The quantitative estimate of drug-likeness (QED) is 0.540. The second kappa shape index (κ2) is 9.77. The predicted molar refractivity (Wildman–Crippen MR) is 131 cm³/mol. The lowest BCUT2D eigenvalue weighted by Crippen LogP contribution is -2.41. The van der Waals surface area contributed by atoms with E-state index >= 15 is 0 Å². The first-order valence-corrected chi connectivity index (χ1v) is 12.0. The number of imide groups is 1. The molecule has 4 amide bonds. The minimum Gasteiger partial charge on any atom is -0.352 e. The highest BCUT2D eigenvalue weighted by molar-refractivity contribution is 6.21. The fourth-order valence-electron chi connectivity index (χ4n) is 4.77. The van der Waals surface area contributed by atoms with Crippen molar-refractivity contribution in [2.24, 2.45) is 13.0 Å². The first-order chi connectivity index (χ1) is 17.4. The van der Waals surface area contributed by atoms with Crippen molar-refractivity contribution in [3.8, 4) is 0 Å². The van der Waals surface area contributed by atoms with Gasteiger partial charge in [0.1, 0.15) is 0 Å². The van der Waals surface area contributed by atoms with Gasteiger partial charge in [-0.15, -0.1) is 0 Å². The van der Waals surface area contributed by atoms with Crippen LogP contribution in [0.15, 0.2) is 60.9 Å². The van der Waals surface area contributed by atoms with Crippen LogP contribution in [0.25, 0.3) is 0 Å². The van der Waals surface area contributed by atoms with Crippen LogP contribution in [0.2, 0.25) is 0 Å². The minimum absolute atomic E-state index is 0.0722. The Morgan fingerprint density at radius 1 is 0.972 bits per heavy atom. The van der Waals surface area contributed by atoms with Gasteiger partial charge >= 0.3 is 0 Å². The highest BCUT2D eigenvalue weighted by Gasteiger charge is 2.35. The third-order valence-corrected chi connectivity index (χ3v) is 6.81.